The fraction of sp³-hybridized carbons (Fsp3) is 0.136. The van der Waals surface area contributed by atoms with Gasteiger partial charge in [0.1, 0.15) is 18.1 Å². The third kappa shape index (κ3) is 5.51. The van der Waals surface area contributed by atoms with Gasteiger partial charge in [-0.2, -0.15) is 0 Å². The molecule has 5 nitrogen and oxygen atoms in total. The van der Waals surface area contributed by atoms with E-state index >= 15 is 0 Å². The van der Waals surface area contributed by atoms with Crippen LogP contribution in [0.25, 0.3) is 0 Å². The standard InChI is InChI=1S/C22H20O5/c23-22(24)27-20(16-25-18-12-6-2-7-13-18)21(17-10-4-1-5-11-17)26-19-14-8-3-9-15-19/h1-15,20-21H,16H2,(H,23,24). The van der Waals surface area contributed by atoms with Gasteiger partial charge in [0.2, 0.25) is 0 Å². The van der Waals surface area contributed by atoms with Crippen molar-refractivity contribution in [2.24, 2.45) is 0 Å². The highest BCUT2D eigenvalue weighted by atomic mass is 16.7. The summed E-state index contributed by atoms with van der Waals surface area (Å²) >= 11 is 0. The smallest absolute Gasteiger partial charge is 0.490 e. The van der Waals surface area contributed by atoms with E-state index in [-0.39, 0.29) is 6.61 Å². The van der Waals surface area contributed by atoms with Crippen molar-refractivity contribution in [3.8, 4) is 11.5 Å². The summed E-state index contributed by atoms with van der Waals surface area (Å²) in [5.41, 5.74) is 0.796. The molecule has 0 bridgehead atoms. The molecular formula is C22H20O5. The van der Waals surface area contributed by atoms with Crippen molar-refractivity contribution in [2.75, 3.05) is 6.61 Å². The summed E-state index contributed by atoms with van der Waals surface area (Å²) in [6.45, 7) is 0.0166. The lowest BCUT2D eigenvalue weighted by Crippen LogP contribution is -2.34. The number of carboxylic acid groups (broad SMARTS) is 1. The molecule has 0 aliphatic rings. The van der Waals surface area contributed by atoms with Crippen LogP contribution < -0.4 is 9.47 Å². The molecule has 2 atom stereocenters. The lowest BCUT2D eigenvalue weighted by Gasteiger charge is -2.27. The maximum absolute atomic E-state index is 11.3. The molecule has 0 radical (unpaired) electrons. The van der Waals surface area contributed by atoms with E-state index in [0.717, 1.165) is 5.56 Å². The maximum atomic E-state index is 11.3. The van der Waals surface area contributed by atoms with Crippen LogP contribution >= 0.6 is 0 Å². The largest absolute Gasteiger partial charge is 0.506 e. The number of para-hydroxylation sites is 2. The molecule has 3 aromatic rings. The Labute approximate surface area is 157 Å². The number of rotatable bonds is 8. The van der Waals surface area contributed by atoms with E-state index in [1.807, 2.05) is 78.9 Å². The van der Waals surface area contributed by atoms with Crippen LogP contribution in [0.4, 0.5) is 4.79 Å². The molecule has 0 saturated heterocycles. The second-order valence-corrected chi connectivity index (χ2v) is 5.81. The number of hydrogen-bond donors (Lipinski definition) is 1. The van der Waals surface area contributed by atoms with Gasteiger partial charge < -0.3 is 19.3 Å². The predicted molar refractivity (Wildman–Crippen MR) is 101 cm³/mol. The Morgan fingerprint density at radius 1 is 0.778 bits per heavy atom. The van der Waals surface area contributed by atoms with Crippen LogP contribution in [0.15, 0.2) is 91.0 Å². The Kier molecular flexibility index (Phi) is 6.30. The van der Waals surface area contributed by atoms with Crippen LogP contribution in [0.3, 0.4) is 0 Å². The minimum atomic E-state index is -1.38. The highest BCUT2D eigenvalue weighted by molar-refractivity contribution is 5.57. The number of benzene rings is 3. The van der Waals surface area contributed by atoms with Crippen molar-refractivity contribution >= 4 is 6.16 Å². The summed E-state index contributed by atoms with van der Waals surface area (Å²) in [6.07, 6.45) is -2.90. The van der Waals surface area contributed by atoms with Crippen LogP contribution in [-0.4, -0.2) is 24.0 Å². The van der Waals surface area contributed by atoms with Gasteiger partial charge in [0.25, 0.3) is 0 Å². The maximum Gasteiger partial charge on any atom is 0.506 e. The highest BCUT2D eigenvalue weighted by Crippen LogP contribution is 2.27. The lowest BCUT2D eigenvalue weighted by atomic mass is 10.0. The van der Waals surface area contributed by atoms with E-state index < -0.39 is 18.4 Å². The van der Waals surface area contributed by atoms with Gasteiger partial charge in [-0.3, -0.25) is 0 Å². The van der Waals surface area contributed by atoms with Crippen LogP contribution in [-0.2, 0) is 4.74 Å². The van der Waals surface area contributed by atoms with Gasteiger partial charge in [-0.25, -0.2) is 4.79 Å². The quantitative estimate of drug-likeness (QED) is 0.573. The molecule has 0 saturated carbocycles. The number of carbonyl (C=O) groups is 1. The summed E-state index contributed by atoms with van der Waals surface area (Å²) in [6, 6.07) is 27.7. The van der Waals surface area contributed by atoms with Crippen LogP contribution in [0.1, 0.15) is 11.7 Å². The second kappa shape index (κ2) is 9.29. The Morgan fingerprint density at radius 2 is 1.30 bits per heavy atom. The van der Waals surface area contributed by atoms with Gasteiger partial charge in [0, 0.05) is 0 Å². The molecule has 2 unspecified atom stereocenters. The molecule has 0 aromatic heterocycles. The van der Waals surface area contributed by atoms with E-state index in [1.54, 1.807) is 12.1 Å². The summed E-state index contributed by atoms with van der Waals surface area (Å²) in [4.78, 5) is 11.3. The molecule has 0 fully saturated rings. The summed E-state index contributed by atoms with van der Waals surface area (Å²) in [7, 11) is 0. The van der Waals surface area contributed by atoms with Gasteiger partial charge in [-0.05, 0) is 29.8 Å². The summed E-state index contributed by atoms with van der Waals surface area (Å²) < 4.78 is 17.0. The minimum absolute atomic E-state index is 0.0166. The van der Waals surface area contributed by atoms with E-state index in [1.165, 1.54) is 0 Å². The van der Waals surface area contributed by atoms with E-state index in [9.17, 15) is 9.90 Å². The normalized spacial score (nSPS) is 12.6. The predicted octanol–water partition coefficient (Wildman–Crippen LogP) is 4.95. The molecule has 5 heteroatoms. The van der Waals surface area contributed by atoms with Gasteiger partial charge in [-0.15, -0.1) is 0 Å². The van der Waals surface area contributed by atoms with Gasteiger partial charge in [-0.1, -0.05) is 66.7 Å². The fourth-order valence-corrected chi connectivity index (χ4v) is 2.65. The molecule has 138 valence electrons. The summed E-state index contributed by atoms with van der Waals surface area (Å²) in [5.74, 6) is 1.24. The Balaban J connectivity index is 1.85. The molecule has 1 N–H and O–H groups in total. The third-order valence-corrected chi connectivity index (χ3v) is 3.88. The first-order valence-electron chi connectivity index (χ1n) is 8.56. The molecule has 0 aliphatic heterocycles. The average molecular weight is 364 g/mol. The number of hydrogen-bond acceptors (Lipinski definition) is 4. The first-order chi connectivity index (χ1) is 13.2. The van der Waals surface area contributed by atoms with Crippen molar-refractivity contribution in [3.63, 3.8) is 0 Å². The monoisotopic (exact) mass is 364 g/mol. The van der Waals surface area contributed by atoms with Crippen LogP contribution in [0.2, 0.25) is 0 Å². The molecule has 0 spiro atoms. The van der Waals surface area contributed by atoms with Crippen molar-refractivity contribution in [3.05, 3.63) is 96.6 Å². The first kappa shape index (κ1) is 18.3. The molecule has 0 aliphatic carbocycles. The fourth-order valence-electron chi connectivity index (χ4n) is 2.65. The SMILES string of the molecule is O=C(O)OC(COc1ccccc1)C(Oc1ccccc1)c1ccccc1. The average Bonchev–Trinajstić information content (AvgIpc) is 2.71. The first-order valence-corrected chi connectivity index (χ1v) is 8.56. The molecular weight excluding hydrogens is 344 g/mol. The Morgan fingerprint density at radius 3 is 1.85 bits per heavy atom. The molecule has 27 heavy (non-hydrogen) atoms. The van der Waals surface area contributed by atoms with Crippen LogP contribution in [0, 0.1) is 0 Å². The molecule has 0 heterocycles. The molecule has 0 amide bonds. The van der Waals surface area contributed by atoms with E-state index in [0.29, 0.717) is 11.5 Å². The summed E-state index contributed by atoms with van der Waals surface area (Å²) in [5, 5.41) is 9.21. The van der Waals surface area contributed by atoms with Gasteiger partial charge >= 0.3 is 6.16 Å². The van der Waals surface area contributed by atoms with Crippen molar-refractivity contribution in [2.45, 2.75) is 12.2 Å². The second-order valence-electron chi connectivity index (χ2n) is 5.81. The minimum Gasteiger partial charge on any atom is -0.490 e. The molecule has 3 rings (SSSR count). The van der Waals surface area contributed by atoms with E-state index in [2.05, 4.69) is 0 Å². The Bertz CT molecular complexity index is 821. The number of ether oxygens (including phenoxy) is 3. The third-order valence-electron chi connectivity index (χ3n) is 3.88. The van der Waals surface area contributed by atoms with Crippen molar-refractivity contribution in [1.82, 2.24) is 0 Å². The van der Waals surface area contributed by atoms with Gasteiger partial charge in [0.15, 0.2) is 12.2 Å². The van der Waals surface area contributed by atoms with Crippen molar-refractivity contribution < 1.29 is 24.1 Å². The zero-order valence-electron chi connectivity index (χ0n) is 14.6. The lowest BCUT2D eigenvalue weighted by molar-refractivity contribution is -0.0297. The van der Waals surface area contributed by atoms with Crippen LogP contribution in [0.5, 0.6) is 11.5 Å². The topological polar surface area (TPSA) is 65.0 Å². The molecule has 3 aromatic carbocycles. The van der Waals surface area contributed by atoms with Crippen molar-refractivity contribution in [1.29, 1.82) is 0 Å². The highest BCUT2D eigenvalue weighted by Gasteiger charge is 2.30. The Hall–Kier alpha value is -3.47. The zero-order valence-corrected chi connectivity index (χ0v) is 14.6. The zero-order chi connectivity index (χ0) is 18.9. The van der Waals surface area contributed by atoms with E-state index in [4.69, 9.17) is 14.2 Å². The van der Waals surface area contributed by atoms with Gasteiger partial charge in [0.05, 0.1) is 0 Å².